The molecule has 1 aromatic carbocycles. The van der Waals surface area contributed by atoms with Crippen LogP contribution in [-0.2, 0) is 4.74 Å². The number of aromatic nitrogens is 2. The molecule has 0 bridgehead atoms. The molecule has 0 aliphatic carbocycles. The second kappa shape index (κ2) is 5.32. The minimum Gasteiger partial charge on any atom is -0.508 e. The van der Waals surface area contributed by atoms with Gasteiger partial charge in [-0.1, -0.05) is 0 Å². The third-order valence-electron chi connectivity index (χ3n) is 3.28. The number of rotatable bonds is 3. The Bertz CT molecular complexity index is 660. The van der Waals surface area contributed by atoms with Crippen molar-refractivity contribution in [3.63, 3.8) is 0 Å². The van der Waals surface area contributed by atoms with Gasteiger partial charge in [-0.2, -0.15) is 4.98 Å². The summed E-state index contributed by atoms with van der Waals surface area (Å²) in [7, 11) is 0. The number of hydrogen-bond donors (Lipinski definition) is 4. The number of nitrogen functional groups attached to an aromatic ring is 1. The van der Waals surface area contributed by atoms with E-state index in [9.17, 15) is 10.2 Å². The summed E-state index contributed by atoms with van der Waals surface area (Å²) in [6.07, 6.45) is -1.99. The first-order chi connectivity index (χ1) is 10.1. The lowest BCUT2D eigenvalue weighted by Gasteiger charge is -2.15. The predicted molar refractivity (Wildman–Crippen MR) is 72.6 cm³/mol. The Hall–Kier alpha value is -2.16. The summed E-state index contributed by atoms with van der Waals surface area (Å²) in [5.74, 6) is 0.257. The van der Waals surface area contributed by atoms with E-state index in [1.165, 1.54) is 12.1 Å². The minimum absolute atomic E-state index is 0.000327. The maximum absolute atomic E-state index is 9.69. The number of aromatic hydroxyl groups is 1. The summed E-state index contributed by atoms with van der Waals surface area (Å²) in [5.41, 5.74) is 6.06. The number of ether oxygens (including phenoxy) is 2. The number of aliphatic hydroxyl groups excluding tert-OH is 2. The van der Waals surface area contributed by atoms with E-state index in [-0.39, 0.29) is 30.6 Å². The molecule has 3 rings (SSSR count). The average Bonchev–Trinajstić information content (AvgIpc) is 2.78. The van der Waals surface area contributed by atoms with E-state index in [1.54, 1.807) is 6.07 Å². The molecule has 1 aliphatic heterocycles. The predicted octanol–water partition coefficient (Wildman–Crippen LogP) is -0.235. The normalized spacial score (nSPS) is 25.3. The Morgan fingerprint density at radius 1 is 1.38 bits per heavy atom. The molecule has 21 heavy (non-hydrogen) atoms. The highest BCUT2D eigenvalue weighted by Crippen LogP contribution is 2.29. The van der Waals surface area contributed by atoms with Crippen LogP contribution in [0.2, 0.25) is 0 Å². The van der Waals surface area contributed by atoms with Crippen LogP contribution in [-0.4, -0.2) is 50.4 Å². The number of nitrogens with zero attached hydrogens (tertiary/aromatic N) is 2. The van der Waals surface area contributed by atoms with Crippen LogP contribution in [0.1, 0.15) is 6.42 Å². The quantitative estimate of drug-likeness (QED) is 0.610. The Morgan fingerprint density at radius 2 is 2.19 bits per heavy atom. The molecule has 0 amide bonds. The van der Waals surface area contributed by atoms with E-state index in [0.29, 0.717) is 10.9 Å². The zero-order valence-electron chi connectivity index (χ0n) is 11.0. The van der Waals surface area contributed by atoms with Crippen LogP contribution in [0, 0.1) is 0 Å². The highest BCUT2D eigenvalue weighted by Gasteiger charge is 2.35. The molecule has 0 spiro atoms. The molecule has 1 aromatic heterocycles. The molecule has 8 nitrogen and oxygen atoms in total. The molecule has 5 N–H and O–H groups in total. The number of anilines is 1. The molecule has 1 saturated heterocycles. The van der Waals surface area contributed by atoms with Crippen molar-refractivity contribution < 1.29 is 24.8 Å². The monoisotopic (exact) mass is 293 g/mol. The topological polar surface area (TPSA) is 131 Å². The maximum atomic E-state index is 9.69. The van der Waals surface area contributed by atoms with Crippen LogP contribution in [0.4, 0.5) is 5.95 Å². The molecule has 0 saturated carbocycles. The van der Waals surface area contributed by atoms with Crippen LogP contribution in [0.3, 0.4) is 0 Å². The molecule has 8 heteroatoms. The fourth-order valence-corrected chi connectivity index (χ4v) is 2.25. The molecule has 0 radical (unpaired) electrons. The number of fused-ring (bicyclic) bond motifs is 1. The van der Waals surface area contributed by atoms with Crippen molar-refractivity contribution in [2.24, 2.45) is 0 Å². The van der Waals surface area contributed by atoms with Crippen molar-refractivity contribution in [1.29, 1.82) is 0 Å². The van der Waals surface area contributed by atoms with E-state index >= 15 is 0 Å². The third-order valence-corrected chi connectivity index (χ3v) is 3.28. The van der Waals surface area contributed by atoms with E-state index < -0.39 is 18.5 Å². The summed E-state index contributed by atoms with van der Waals surface area (Å²) >= 11 is 0. The average molecular weight is 293 g/mol. The highest BCUT2D eigenvalue weighted by molar-refractivity contribution is 5.85. The van der Waals surface area contributed by atoms with Gasteiger partial charge in [0, 0.05) is 12.5 Å². The van der Waals surface area contributed by atoms with E-state index in [0.717, 1.165) is 0 Å². The minimum atomic E-state index is -0.797. The van der Waals surface area contributed by atoms with Gasteiger partial charge in [-0.05, 0) is 12.1 Å². The van der Waals surface area contributed by atoms with Gasteiger partial charge < -0.3 is 30.5 Å². The number of hydrogen-bond acceptors (Lipinski definition) is 8. The van der Waals surface area contributed by atoms with E-state index in [4.69, 9.17) is 20.3 Å². The Labute approximate surface area is 119 Å². The molecule has 1 aliphatic rings. The smallest absolute Gasteiger partial charge is 0.228 e. The summed E-state index contributed by atoms with van der Waals surface area (Å²) in [6, 6.07) is 4.53. The molecular formula is C13H15N3O5. The van der Waals surface area contributed by atoms with Crippen molar-refractivity contribution in [3.05, 3.63) is 18.2 Å². The number of phenols is 1. The summed E-state index contributed by atoms with van der Waals surface area (Å²) in [5, 5.41) is 28.8. The molecule has 3 atom stereocenters. The molecule has 0 unspecified atom stereocenters. The van der Waals surface area contributed by atoms with Gasteiger partial charge in [0.05, 0.1) is 23.6 Å². The van der Waals surface area contributed by atoms with Crippen LogP contribution in [0.25, 0.3) is 10.9 Å². The first-order valence-electron chi connectivity index (χ1n) is 6.44. The summed E-state index contributed by atoms with van der Waals surface area (Å²) in [4.78, 5) is 8.02. The third kappa shape index (κ3) is 2.68. The fourth-order valence-electron chi connectivity index (χ4n) is 2.25. The van der Waals surface area contributed by atoms with Crippen LogP contribution in [0.15, 0.2) is 18.2 Å². The molecular weight excluding hydrogens is 278 g/mol. The van der Waals surface area contributed by atoms with Crippen molar-refractivity contribution in [1.82, 2.24) is 9.97 Å². The first-order valence-corrected chi connectivity index (χ1v) is 6.44. The molecule has 2 aromatic rings. The van der Waals surface area contributed by atoms with Crippen LogP contribution in [0.5, 0.6) is 11.6 Å². The van der Waals surface area contributed by atoms with E-state index in [1.807, 2.05) is 0 Å². The second-order valence-electron chi connectivity index (χ2n) is 4.80. The first kappa shape index (κ1) is 13.8. The maximum Gasteiger partial charge on any atom is 0.228 e. The van der Waals surface area contributed by atoms with Crippen molar-refractivity contribution in [2.45, 2.75) is 24.9 Å². The number of aliphatic hydroxyl groups is 2. The highest BCUT2D eigenvalue weighted by atomic mass is 16.7. The van der Waals surface area contributed by atoms with Crippen molar-refractivity contribution in [3.8, 4) is 11.6 Å². The van der Waals surface area contributed by atoms with Gasteiger partial charge in [-0.25, -0.2) is 4.98 Å². The van der Waals surface area contributed by atoms with Crippen LogP contribution < -0.4 is 10.5 Å². The second-order valence-corrected chi connectivity index (χ2v) is 4.80. The number of benzene rings is 1. The molecule has 112 valence electrons. The Balaban J connectivity index is 1.90. The lowest BCUT2D eigenvalue weighted by atomic mass is 10.2. The van der Waals surface area contributed by atoms with Gasteiger partial charge in [0.1, 0.15) is 11.9 Å². The van der Waals surface area contributed by atoms with Crippen molar-refractivity contribution >= 4 is 16.9 Å². The van der Waals surface area contributed by atoms with Gasteiger partial charge >= 0.3 is 0 Å². The summed E-state index contributed by atoms with van der Waals surface area (Å²) < 4.78 is 11.0. The largest absolute Gasteiger partial charge is 0.508 e. The number of phenolic OH excluding ortho intramolecular Hbond substituents is 1. The lowest BCUT2D eigenvalue weighted by Crippen LogP contribution is -2.24. The van der Waals surface area contributed by atoms with Crippen molar-refractivity contribution in [2.75, 3.05) is 12.3 Å². The van der Waals surface area contributed by atoms with Crippen LogP contribution >= 0.6 is 0 Å². The lowest BCUT2D eigenvalue weighted by molar-refractivity contribution is -0.0941. The summed E-state index contributed by atoms with van der Waals surface area (Å²) in [6.45, 7) is -0.290. The van der Waals surface area contributed by atoms with Gasteiger partial charge in [-0.3, -0.25) is 0 Å². The molecule has 2 heterocycles. The SMILES string of the molecule is Nc1nc(O[C@H]2C[C@H](O)[C@@H](CO)O2)c2ccc(O)cc2n1. The van der Waals surface area contributed by atoms with Gasteiger partial charge in [0.15, 0.2) is 0 Å². The number of nitrogens with two attached hydrogens (primary N) is 1. The van der Waals surface area contributed by atoms with Gasteiger partial charge in [0.25, 0.3) is 0 Å². The zero-order chi connectivity index (χ0) is 15.0. The van der Waals surface area contributed by atoms with Gasteiger partial charge in [0.2, 0.25) is 18.1 Å². The zero-order valence-corrected chi connectivity index (χ0v) is 11.0. The Kier molecular flexibility index (Phi) is 3.50. The fraction of sp³-hybridized carbons (Fsp3) is 0.385. The Morgan fingerprint density at radius 3 is 2.90 bits per heavy atom. The molecule has 1 fully saturated rings. The standard InChI is InChI=1S/C13H15N3O5/c14-13-15-8-3-6(18)1-2-7(8)12(16-13)21-11-4-9(19)10(5-17)20-11/h1-3,9-11,17-19H,4-5H2,(H2,14,15,16)/t9-,10+,11-/m0/s1. The van der Waals surface area contributed by atoms with Gasteiger partial charge in [-0.15, -0.1) is 0 Å². The van der Waals surface area contributed by atoms with E-state index in [2.05, 4.69) is 9.97 Å².